The topological polar surface area (TPSA) is 57.5 Å². The maximum Gasteiger partial charge on any atom is 0.191 e. The SMILES string of the molecule is CCN(C)Cc1cccc(CNC(=NC)NCCCn2nc(C)cc2C)c1. The predicted molar refractivity (Wildman–Crippen MR) is 113 cm³/mol. The molecule has 148 valence electrons. The third-order valence-electron chi connectivity index (χ3n) is 4.61. The molecule has 2 rings (SSSR count). The normalized spacial score (nSPS) is 11.9. The van der Waals surface area contributed by atoms with Crippen LogP contribution in [0, 0.1) is 13.8 Å². The second-order valence-electron chi connectivity index (χ2n) is 7.01. The molecule has 0 spiro atoms. The number of nitrogens with zero attached hydrogens (tertiary/aromatic N) is 4. The Morgan fingerprint density at radius 1 is 1.19 bits per heavy atom. The van der Waals surface area contributed by atoms with Crippen molar-refractivity contribution < 1.29 is 0 Å². The molecule has 0 amide bonds. The Labute approximate surface area is 163 Å². The van der Waals surface area contributed by atoms with Crippen LogP contribution < -0.4 is 10.6 Å². The Kier molecular flexibility index (Phi) is 8.33. The lowest BCUT2D eigenvalue weighted by Gasteiger charge is -2.15. The van der Waals surface area contributed by atoms with Crippen LogP contribution >= 0.6 is 0 Å². The van der Waals surface area contributed by atoms with Crippen molar-refractivity contribution >= 4 is 5.96 Å². The van der Waals surface area contributed by atoms with E-state index in [1.54, 1.807) is 0 Å². The fourth-order valence-electron chi connectivity index (χ4n) is 3.00. The zero-order valence-electron chi connectivity index (χ0n) is 17.4. The van der Waals surface area contributed by atoms with Crippen molar-refractivity contribution in [3.05, 3.63) is 52.8 Å². The molecule has 2 aromatic rings. The lowest BCUT2D eigenvalue weighted by atomic mass is 10.1. The molecule has 27 heavy (non-hydrogen) atoms. The quantitative estimate of drug-likeness (QED) is 0.405. The first-order valence-corrected chi connectivity index (χ1v) is 9.73. The largest absolute Gasteiger partial charge is 0.356 e. The molecule has 0 aliphatic rings. The lowest BCUT2D eigenvalue weighted by molar-refractivity contribution is 0.345. The fourth-order valence-corrected chi connectivity index (χ4v) is 3.00. The van der Waals surface area contributed by atoms with Crippen molar-refractivity contribution in [2.45, 2.75) is 46.8 Å². The van der Waals surface area contributed by atoms with E-state index in [1.165, 1.54) is 16.8 Å². The number of aryl methyl sites for hydroxylation is 3. The van der Waals surface area contributed by atoms with Gasteiger partial charge in [0.25, 0.3) is 0 Å². The first-order chi connectivity index (χ1) is 13.0. The predicted octanol–water partition coefficient (Wildman–Crippen LogP) is 2.71. The Morgan fingerprint density at radius 2 is 1.96 bits per heavy atom. The van der Waals surface area contributed by atoms with Crippen molar-refractivity contribution in [1.82, 2.24) is 25.3 Å². The van der Waals surface area contributed by atoms with Crippen molar-refractivity contribution in [3.63, 3.8) is 0 Å². The number of rotatable bonds is 9. The summed E-state index contributed by atoms with van der Waals surface area (Å²) in [5, 5.41) is 11.3. The second kappa shape index (κ2) is 10.7. The van der Waals surface area contributed by atoms with Crippen molar-refractivity contribution in [2.24, 2.45) is 4.99 Å². The average molecular weight is 371 g/mol. The number of guanidine groups is 1. The smallest absolute Gasteiger partial charge is 0.191 e. The summed E-state index contributed by atoms with van der Waals surface area (Å²) < 4.78 is 2.06. The molecule has 0 aliphatic heterocycles. The van der Waals surface area contributed by atoms with E-state index >= 15 is 0 Å². The van der Waals surface area contributed by atoms with E-state index in [1.807, 2.05) is 14.0 Å². The van der Waals surface area contributed by atoms with Gasteiger partial charge in [-0.1, -0.05) is 31.2 Å². The standard InChI is InChI=1S/C21H34N6/c1-6-26(5)16-20-10-7-9-19(14-20)15-24-21(22-4)23-11-8-12-27-18(3)13-17(2)25-27/h7,9-10,13-14H,6,8,11-12,15-16H2,1-5H3,(H2,22,23,24). The maximum atomic E-state index is 4.50. The molecular formula is C21H34N6. The first kappa shape index (κ1) is 21.0. The highest BCUT2D eigenvalue weighted by Gasteiger charge is 2.03. The van der Waals surface area contributed by atoms with Crippen LogP contribution in [0.4, 0.5) is 0 Å². The highest BCUT2D eigenvalue weighted by atomic mass is 15.3. The second-order valence-corrected chi connectivity index (χ2v) is 7.01. The Morgan fingerprint density at radius 3 is 2.63 bits per heavy atom. The van der Waals surface area contributed by atoms with Crippen LogP contribution in [-0.2, 0) is 19.6 Å². The summed E-state index contributed by atoms with van der Waals surface area (Å²) in [7, 11) is 3.95. The number of nitrogens with one attached hydrogen (secondary N) is 2. The molecule has 0 aliphatic carbocycles. The number of aliphatic imine (C=N–C) groups is 1. The zero-order chi connectivity index (χ0) is 19.6. The van der Waals surface area contributed by atoms with Gasteiger partial charge in [0.1, 0.15) is 0 Å². The minimum absolute atomic E-state index is 0.765. The Hall–Kier alpha value is -2.34. The summed E-state index contributed by atoms with van der Waals surface area (Å²) in [5.74, 6) is 0.833. The summed E-state index contributed by atoms with van der Waals surface area (Å²) in [4.78, 5) is 6.62. The van der Waals surface area contributed by atoms with Crippen LogP contribution in [-0.4, -0.2) is 47.8 Å². The van der Waals surface area contributed by atoms with Gasteiger partial charge in [0.15, 0.2) is 5.96 Å². The summed E-state index contributed by atoms with van der Waals surface area (Å²) in [5.41, 5.74) is 4.89. The fraction of sp³-hybridized carbons (Fsp3) is 0.524. The van der Waals surface area contributed by atoms with Crippen LogP contribution in [0.15, 0.2) is 35.3 Å². The maximum absolute atomic E-state index is 4.50. The van der Waals surface area contributed by atoms with Gasteiger partial charge < -0.3 is 15.5 Å². The van der Waals surface area contributed by atoms with E-state index in [-0.39, 0.29) is 0 Å². The molecule has 2 N–H and O–H groups in total. The Balaban J connectivity index is 1.75. The summed E-state index contributed by atoms with van der Waals surface area (Å²) in [6, 6.07) is 10.8. The van der Waals surface area contributed by atoms with Gasteiger partial charge in [-0.05, 0) is 51.1 Å². The van der Waals surface area contributed by atoms with Gasteiger partial charge in [-0.2, -0.15) is 5.10 Å². The van der Waals surface area contributed by atoms with Gasteiger partial charge in [0, 0.05) is 38.9 Å². The molecule has 0 saturated heterocycles. The minimum atomic E-state index is 0.765. The minimum Gasteiger partial charge on any atom is -0.356 e. The highest BCUT2D eigenvalue weighted by Crippen LogP contribution is 2.07. The molecule has 0 radical (unpaired) electrons. The van der Waals surface area contributed by atoms with Crippen LogP contribution in [0.3, 0.4) is 0 Å². The van der Waals surface area contributed by atoms with Crippen molar-refractivity contribution in [1.29, 1.82) is 0 Å². The zero-order valence-corrected chi connectivity index (χ0v) is 17.4. The first-order valence-electron chi connectivity index (χ1n) is 9.73. The highest BCUT2D eigenvalue weighted by molar-refractivity contribution is 5.79. The molecule has 6 heteroatoms. The summed E-state index contributed by atoms with van der Waals surface area (Å²) in [6.07, 6.45) is 1.00. The van der Waals surface area contributed by atoms with Crippen LogP contribution in [0.5, 0.6) is 0 Å². The van der Waals surface area contributed by atoms with Gasteiger partial charge in [-0.25, -0.2) is 0 Å². The molecule has 1 aromatic carbocycles. The number of aromatic nitrogens is 2. The van der Waals surface area contributed by atoms with Gasteiger partial charge in [-0.3, -0.25) is 9.67 Å². The molecule has 0 fully saturated rings. The lowest BCUT2D eigenvalue weighted by Crippen LogP contribution is -2.37. The van der Waals surface area contributed by atoms with Crippen LogP contribution in [0.25, 0.3) is 0 Å². The third-order valence-corrected chi connectivity index (χ3v) is 4.61. The molecular weight excluding hydrogens is 336 g/mol. The summed E-state index contributed by atoms with van der Waals surface area (Å²) >= 11 is 0. The Bertz CT molecular complexity index is 734. The van der Waals surface area contributed by atoms with Crippen LogP contribution in [0.2, 0.25) is 0 Å². The number of benzene rings is 1. The molecule has 0 atom stereocenters. The van der Waals surface area contributed by atoms with Gasteiger partial charge in [0.05, 0.1) is 5.69 Å². The molecule has 0 saturated carbocycles. The third kappa shape index (κ3) is 7.06. The number of hydrogen-bond acceptors (Lipinski definition) is 3. The van der Waals surface area contributed by atoms with E-state index in [2.05, 4.69) is 81.5 Å². The summed E-state index contributed by atoms with van der Waals surface area (Å²) in [6.45, 7) is 10.9. The van der Waals surface area contributed by atoms with E-state index < -0.39 is 0 Å². The van der Waals surface area contributed by atoms with Crippen LogP contribution in [0.1, 0.15) is 35.9 Å². The molecule has 0 bridgehead atoms. The van der Waals surface area contributed by atoms with E-state index in [9.17, 15) is 0 Å². The molecule has 6 nitrogen and oxygen atoms in total. The van der Waals surface area contributed by atoms with E-state index in [0.29, 0.717) is 0 Å². The molecule has 1 aromatic heterocycles. The van der Waals surface area contributed by atoms with E-state index in [0.717, 1.165) is 50.8 Å². The molecule has 1 heterocycles. The average Bonchev–Trinajstić information content (AvgIpc) is 2.98. The van der Waals surface area contributed by atoms with Gasteiger partial charge in [0.2, 0.25) is 0 Å². The number of hydrogen-bond donors (Lipinski definition) is 2. The molecule has 0 unspecified atom stereocenters. The van der Waals surface area contributed by atoms with Crippen molar-refractivity contribution in [2.75, 3.05) is 27.2 Å². The van der Waals surface area contributed by atoms with Crippen molar-refractivity contribution in [3.8, 4) is 0 Å². The van der Waals surface area contributed by atoms with Gasteiger partial charge in [-0.15, -0.1) is 0 Å². The van der Waals surface area contributed by atoms with Gasteiger partial charge >= 0.3 is 0 Å². The van der Waals surface area contributed by atoms with E-state index in [4.69, 9.17) is 0 Å². The monoisotopic (exact) mass is 370 g/mol.